The van der Waals surface area contributed by atoms with Gasteiger partial charge >= 0.3 is 0 Å². The molecule has 2 aromatic carbocycles. The molecule has 0 saturated heterocycles. The van der Waals surface area contributed by atoms with E-state index in [1.54, 1.807) is 0 Å². The third-order valence-electron chi connectivity index (χ3n) is 2.40. The van der Waals surface area contributed by atoms with Crippen LogP contribution in [0.1, 0.15) is 11.1 Å². The molecule has 2 aromatic rings. The van der Waals surface area contributed by atoms with Crippen LogP contribution in [0.2, 0.25) is 0 Å². The molecule has 0 aliphatic carbocycles. The van der Waals surface area contributed by atoms with Crippen molar-refractivity contribution in [2.45, 2.75) is 13.8 Å². The van der Waals surface area contributed by atoms with Crippen LogP contribution in [0.25, 0.3) is 0 Å². The molecule has 0 N–H and O–H groups in total. The highest BCUT2D eigenvalue weighted by Gasteiger charge is 1.83. The van der Waals surface area contributed by atoms with Gasteiger partial charge in [-0.05, 0) is 37.1 Å². The summed E-state index contributed by atoms with van der Waals surface area (Å²) in [7, 11) is 0.777. The summed E-state index contributed by atoms with van der Waals surface area (Å²) in [5.74, 6) is 0.971. The molecule has 0 bridgehead atoms. The molecule has 0 radical (unpaired) electrons. The molecular weight excluding hydrogens is 212 g/mol. The van der Waals surface area contributed by atoms with Crippen LogP contribution < -0.4 is 4.43 Å². The summed E-state index contributed by atoms with van der Waals surface area (Å²) in [5.41, 5.74) is 2.74. The van der Waals surface area contributed by atoms with Gasteiger partial charge in [0.25, 0.3) is 0 Å². The van der Waals surface area contributed by atoms with Crippen LogP contribution in [-0.2, 0) is 0 Å². The van der Waals surface area contributed by atoms with E-state index in [0.717, 1.165) is 16.2 Å². The first-order valence-electron chi connectivity index (χ1n) is 5.35. The first-order chi connectivity index (χ1) is 7.74. The van der Waals surface area contributed by atoms with Crippen LogP contribution in [0.15, 0.2) is 54.6 Å². The van der Waals surface area contributed by atoms with Crippen molar-refractivity contribution in [1.29, 1.82) is 0 Å². The molecule has 0 heterocycles. The summed E-state index contributed by atoms with van der Waals surface area (Å²) in [4.78, 5) is 0. The van der Waals surface area contributed by atoms with E-state index in [9.17, 15) is 0 Å². The van der Waals surface area contributed by atoms with Crippen molar-refractivity contribution in [2.75, 3.05) is 0 Å². The monoisotopic (exact) mass is 230 g/mol. The summed E-state index contributed by atoms with van der Waals surface area (Å²) < 4.78 is 5.05. The molecule has 0 aliphatic heterocycles. The van der Waals surface area contributed by atoms with E-state index in [2.05, 4.69) is 38.1 Å². The van der Waals surface area contributed by atoms with E-state index in [1.807, 2.05) is 30.3 Å². The predicted molar refractivity (Wildman–Crippen MR) is 72.9 cm³/mol. The fraction of sp³-hybridized carbons (Fsp3) is 0.143. The van der Waals surface area contributed by atoms with Gasteiger partial charge in [0.05, 0.1) is 0 Å². The van der Waals surface area contributed by atoms with Gasteiger partial charge in [0.15, 0.2) is 0 Å². The van der Waals surface area contributed by atoms with Crippen molar-refractivity contribution in [3.05, 3.63) is 65.7 Å². The first-order valence-corrected chi connectivity index (χ1v) is 6.17. The maximum atomic E-state index is 5.05. The minimum atomic E-state index is 0.777. The van der Waals surface area contributed by atoms with Crippen LogP contribution in [0, 0.1) is 13.8 Å². The summed E-state index contributed by atoms with van der Waals surface area (Å²) in [6, 6.07) is 18.2. The second kappa shape index (κ2) is 6.85. The molecule has 0 unspecified atom stereocenters. The molecule has 0 amide bonds. The molecule has 0 atom stereocenters. The van der Waals surface area contributed by atoms with Crippen molar-refractivity contribution in [1.82, 2.24) is 0 Å². The molecule has 0 fully saturated rings. The van der Waals surface area contributed by atoms with E-state index in [1.165, 1.54) is 11.1 Å². The maximum Gasteiger partial charge on any atom is 0.204 e. The number of aryl methyl sites for hydroxylation is 2. The lowest BCUT2D eigenvalue weighted by Crippen LogP contribution is -1.81. The quantitative estimate of drug-likeness (QED) is 0.684. The van der Waals surface area contributed by atoms with Crippen LogP contribution in [0.5, 0.6) is 5.75 Å². The summed E-state index contributed by atoms with van der Waals surface area (Å²) in [6.45, 7) is 4.24. The van der Waals surface area contributed by atoms with E-state index >= 15 is 0 Å². The third-order valence-corrected chi connectivity index (χ3v) is 2.88. The Bertz CT molecular complexity index is 391. The van der Waals surface area contributed by atoms with Crippen LogP contribution in [0.4, 0.5) is 0 Å². The average Bonchev–Trinajstić information content (AvgIpc) is 2.35. The van der Waals surface area contributed by atoms with E-state index in [-0.39, 0.29) is 0 Å². The van der Waals surface area contributed by atoms with E-state index in [0.29, 0.717) is 0 Å². The molecule has 0 spiro atoms. The normalized spacial score (nSPS) is 9.12. The average molecular weight is 230 g/mol. The van der Waals surface area contributed by atoms with Gasteiger partial charge in [-0.1, -0.05) is 42.5 Å². The zero-order valence-electron chi connectivity index (χ0n) is 10.1. The minimum absolute atomic E-state index is 0.777. The maximum absolute atomic E-state index is 5.05. The van der Waals surface area contributed by atoms with E-state index < -0.39 is 0 Å². The van der Waals surface area contributed by atoms with Gasteiger partial charge in [-0.2, -0.15) is 0 Å². The molecule has 2 rings (SSSR count). The highest BCUT2D eigenvalue weighted by atomic mass is 28.2. The summed E-state index contributed by atoms with van der Waals surface area (Å²) in [5, 5.41) is 0. The van der Waals surface area contributed by atoms with Crippen molar-refractivity contribution < 1.29 is 4.43 Å². The molecule has 2 heteroatoms. The summed E-state index contributed by atoms with van der Waals surface area (Å²) >= 11 is 0. The first kappa shape index (κ1) is 12.5. The fourth-order valence-corrected chi connectivity index (χ4v) is 1.49. The second-order valence-corrected chi connectivity index (χ2v) is 4.01. The van der Waals surface area contributed by atoms with Crippen molar-refractivity contribution in [3.8, 4) is 5.75 Å². The van der Waals surface area contributed by atoms with Gasteiger partial charge in [0.1, 0.15) is 5.75 Å². The second-order valence-electron chi connectivity index (χ2n) is 3.60. The van der Waals surface area contributed by atoms with Crippen molar-refractivity contribution in [2.24, 2.45) is 0 Å². The number of hydrogen-bond acceptors (Lipinski definition) is 1. The zero-order chi connectivity index (χ0) is 11.8. The number of para-hydroxylation sites is 1. The molecule has 0 aromatic heterocycles. The largest absolute Gasteiger partial charge is 0.553 e. The third kappa shape index (κ3) is 4.32. The Morgan fingerprint density at radius 3 is 1.50 bits per heavy atom. The minimum Gasteiger partial charge on any atom is -0.553 e. The number of rotatable bonds is 1. The van der Waals surface area contributed by atoms with Gasteiger partial charge in [-0.3, -0.25) is 0 Å². The Kier molecular flexibility index (Phi) is 5.36. The molecule has 0 aliphatic rings. The Morgan fingerprint density at radius 2 is 1.19 bits per heavy atom. The number of hydrogen-bond donors (Lipinski definition) is 0. The van der Waals surface area contributed by atoms with Gasteiger partial charge in [0, 0.05) is 0 Å². The highest BCUT2D eigenvalue weighted by molar-refractivity contribution is 5.99. The number of benzene rings is 2. The predicted octanol–water partition coefficient (Wildman–Crippen LogP) is 2.65. The smallest absolute Gasteiger partial charge is 0.204 e. The van der Waals surface area contributed by atoms with Crippen LogP contribution >= 0.6 is 0 Å². The Balaban J connectivity index is 0.000000160. The molecule has 16 heavy (non-hydrogen) atoms. The van der Waals surface area contributed by atoms with Gasteiger partial charge < -0.3 is 4.43 Å². The SMILES string of the molecule is Cc1ccccc1C.[SiH3]Oc1ccccc1. The van der Waals surface area contributed by atoms with Gasteiger partial charge in [-0.25, -0.2) is 0 Å². The molecular formula is C14H18OSi. The molecule has 1 nitrogen and oxygen atoms in total. The summed E-state index contributed by atoms with van der Waals surface area (Å²) in [6.07, 6.45) is 0. The Labute approximate surface area is 101 Å². The van der Waals surface area contributed by atoms with Gasteiger partial charge in [-0.15, -0.1) is 0 Å². The standard InChI is InChI=1S/C8H10.C6H8OSi/c1-7-5-3-4-6-8(7)2;8-7-6-4-2-1-3-5-6/h3-6H,1-2H3;1-5H,8H3. The Morgan fingerprint density at radius 1 is 0.750 bits per heavy atom. The van der Waals surface area contributed by atoms with Gasteiger partial charge in [0.2, 0.25) is 10.5 Å². The fourth-order valence-electron chi connectivity index (χ4n) is 1.22. The van der Waals surface area contributed by atoms with Crippen LogP contribution in [0.3, 0.4) is 0 Å². The lowest BCUT2D eigenvalue weighted by molar-refractivity contribution is 0.616. The van der Waals surface area contributed by atoms with Crippen molar-refractivity contribution in [3.63, 3.8) is 0 Å². The topological polar surface area (TPSA) is 9.23 Å². The molecule has 84 valence electrons. The lowest BCUT2D eigenvalue weighted by atomic mass is 10.1. The van der Waals surface area contributed by atoms with E-state index in [4.69, 9.17) is 4.43 Å². The van der Waals surface area contributed by atoms with Crippen molar-refractivity contribution >= 4 is 10.5 Å². The zero-order valence-corrected chi connectivity index (χ0v) is 12.1. The molecule has 0 saturated carbocycles. The lowest BCUT2D eigenvalue weighted by Gasteiger charge is -1.95. The highest BCUT2D eigenvalue weighted by Crippen LogP contribution is 2.05. The Hall–Kier alpha value is -1.54. The van der Waals surface area contributed by atoms with Crippen LogP contribution in [-0.4, -0.2) is 10.5 Å².